The van der Waals surface area contributed by atoms with Crippen LogP contribution < -0.4 is 20.3 Å². The molecule has 4 aliphatic heterocycles. The Morgan fingerprint density at radius 1 is 0.942 bits per heavy atom. The molecule has 2 unspecified atom stereocenters. The summed E-state index contributed by atoms with van der Waals surface area (Å²) in [6.07, 6.45) is 4.68. The smallest absolute Gasteiger partial charge is 0.319 e. The summed E-state index contributed by atoms with van der Waals surface area (Å²) < 4.78 is 39.3. The van der Waals surface area contributed by atoms with Crippen LogP contribution in [0, 0.1) is 18.6 Å². The van der Waals surface area contributed by atoms with Crippen molar-refractivity contribution in [2.24, 2.45) is 0 Å². The maximum Gasteiger partial charge on any atom is 0.319 e. The van der Waals surface area contributed by atoms with Gasteiger partial charge >= 0.3 is 6.01 Å². The van der Waals surface area contributed by atoms with Crippen LogP contribution in [0.3, 0.4) is 0 Å². The largest absolute Gasteiger partial charge is 0.508 e. The molecular weight excluding hydrogens is 883 g/mol. The third-order valence-corrected chi connectivity index (χ3v) is 14.5. The van der Waals surface area contributed by atoms with Crippen molar-refractivity contribution in [1.82, 2.24) is 55.0 Å². The molecule has 4 atom stereocenters. The molecule has 4 saturated heterocycles. The third kappa shape index (κ3) is 9.18. The average molecular weight is 943 g/mol. The molecule has 10 rings (SSSR count). The van der Waals surface area contributed by atoms with Crippen LogP contribution >= 0.6 is 0 Å². The molecule has 6 aromatic rings. The van der Waals surface area contributed by atoms with Gasteiger partial charge in [-0.3, -0.25) is 29.0 Å². The van der Waals surface area contributed by atoms with Crippen LogP contribution in [-0.2, 0) is 6.54 Å². The quantitative estimate of drug-likeness (QED) is 0.106. The standard InChI is InChI=1S/C51H60F2N12O4/c1-6-54-50(68)49-60-59-48(39-21-38(29(2)3)42(66)22-43(39)67)65(49)34-14-10-31(11-15-34)24-62-16-18-63(19-17-62)35-20-36(61(5)27-35)28-69-51-57-46-40(47(58-51)64-25-32-12-13-33(26-64)56-32)23-55-45(44(46)53)37-8-7-9-41(52)30(37)4/h7-11,14-15,21-23,29,32-33,35-36,56,66-67H,6,12-13,16-20,24-28H2,1-5H3,(H,54,68)/t32?,33?,35-,36-/m0/s1. The van der Waals surface area contributed by atoms with Crippen molar-refractivity contribution in [1.29, 1.82) is 0 Å². The lowest BCUT2D eigenvalue weighted by Crippen LogP contribution is -2.51. The number of nitrogens with one attached hydrogen (secondary N) is 2. The number of carbonyl (C=O) groups excluding carboxylic acids is 1. The summed E-state index contributed by atoms with van der Waals surface area (Å²) in [4.78, 5) is 36.8. The minimum absolute atomic E-state index is 0.0103. The second-order valence-electron chi connectivity index (χ2n) is 19.4. The van der Waals surface area contributed by atoms with Crippen molar-refractivity contribution in [2.75, 3.05) is 70.9 Å². The Balaban J connectivity index is 0.797. The molecule has 4 aliphatic rings. The monoisotopic (exact) mass is 942 g/mol. The fourth-order valence-corrected chi connectivity index (χ4v) is 10.7. The lowest BCUT2D eigenvalue weighted by atomic mass is 9.98. The number of rotatable bonds is 13. The maximum absolute atomic E-state index is 16.6. The molecule has 3 aromatic carbocycles. The average Bonchev–Trinajstić information content (AvgIpc) is 4.05. The van der Waals surface area contributed by atoms with Crippen molar-refractivity contribution in [2.45, 2.75) is 83.6 Å². The summed E-state index contributed by atoms with van der Waals surface area (Å²) in [5.41, 5.74) is 3.66. The molecule has 16 nitrogen and oxygen atoms in total. The number of anilines is 1. The molecule has 0 saturated carbocycles. The summed E-state index contributed by atoms with van der Waals surface area (Å²) in [5.74, 6) is -0.635. The minimum atomic E-state index is -0.622. The highest BCUT2D eigenvalue weighted by molar-refractivity contribution is 5.93. The number of carbonyl (C=O) groups is 1. The molecule has 4 N–H and O–H groups in total. The van der Waals surface area contributed by atoms with Gasteiger partial charge in [-0.25, -0.2) is 8.78 Å². The second kappa shape index (κ2) is 19.2. The molecule has 1 amide bonds. The summed E-state index contributed by atoms with van der Waals surface area (Å²) in [6, 6.07) is 16.8. The van der Waals surface area contributed by atoms with E-state index in [0.717, 1.165) is 77.2 Å². The van der Waals surface area contributed by atoms with Crippen LogP contribution in [0.1, 0.15) is 73.3 Å². The normalized spacial score (nSPS) is 21.2. The summed E-state index contributed by atoms with van der Waals surface area (Å²) in [5, 5.41) is 37.0. The summed E-state index contributed by atoms with van der Waals surface area (Å²) in [7, 11) is 2.12. The number of pyridine rings is 1. The van der Waals surface area contributed by atoms with Gasteiger partial charge < -0.3 is 30.5 Å². The predicted octanol–water partition coefficient (Wildman–Crippen LogP) is 6.02. The van der Waals surface area contributed by atoms with E-state index in [9.17, 15) is 19.4 Å². The number of hydrogen-bond donors (Lipinski definition) is 4. The second-order valence-corrected chi connectivity index (χ2v) is 19.4. The Morgan fingerprint density at radius 2 is 1.70 bits per heavy atom. The van der Waals surface area contributed by atoms with Gasteiger partial charge in [0.1, 0.15) is 41.0 Å². The Kier molecular flexibility index (Phi) is 12.9. The Hall–Kier alpha value is -6.34. The van der Waals surface area contributed by atoms with Crippen LogP contribution in [0.25, 0.3) is 39.2 Å². The van der Waals surface area contributed by atoms with Gasteiger partial charge in [-0.15, -0.1) is 10.2 Å². The fourth-order valence-electron chi connectivity index (χ4n) is 10.7. The topological polar surface area (TPSA) is 173 Å². The number of benzene rings is 3. The van der Waals surface area contributed by atoms with E-state index < -0.39 is 11.6 Å². The lowest BCUT2D eigenvalue weighted by molar-refractivity contribution is 0.0943. The van der Waals surface area contributed by atoms with Gasteiger partial charge in [-0.05, 0) is 87.0 Å². The van der Waals surface area contributed by atoms with E-state index in [1.54, 1.807) is 35.9 Å². The number of halogens is 2. The van der Waals surface area contributed by atoms with E-state index in [1.165, 1.54) is 12.1 Å². The number of hydrogen-bond acceptors (Lipinski definition) is 14. The molecule has 0 spiro atoms. The zero-order valence-corrected chi connectivity index (χ0v) is 39.8. The number of aromatic hydroxyl groups is 2. The molecule has 2 bridgehead atoms. The first-order chi connectivity index (χ1) is 33.3. The van der Waals surface area contributed by atoms with Crippen molar-refractivity contribution in [3.05, 3.63) is 94.9 Å². The van der Waals surface area contributed by atoms with Gasteiger partial charge in [0.05, 0.1) is 10.9 Å². The van der Waals surface area contributed by atoms with Gasteiger partial charge in [0.15, 0.2) is 11.6 Å². The van der Waals surface area contributed by atoms with Crippen LogP contribution in [0.4, 0.5) is 14.6 Å². The van der Waals surface area contributed by atoms with Crippen molar-refractivity contribution in [3.63, 3.8) is 0 Å². The third-order valence-electron chi connectivity index (χ3n) is 14.5. The van der Waals surface area contributed by atoms with E-state index in [1.807, 2.05) is 45.0 Å². The molecular formula is C51H60F2N12O4. The van der Waals surface area contributed by atoms with Crippen LogP contribution in [0.2, 0.25) is 0 Å². The number of likely N-dealkylation sites (N-methyl/N-ethyl adjacent to an activating group) is 1. The van der Waals surface area contributed by atoms with Crippen molar-refractivity contribution < 1.29 is 28.5 Å². The van der Waals surface area contributed by atoms with E-state index in [0.29, 0.717) is 76.2 Å². The number of amides is 1. The van der Waals surface area contributed by atoms with E-state index >= 15 is 4.39 Å². The Labute approximate surface area is 400 Å². The van der Waals surface area contributed by atoms with E-state index in [-0.39, 0.29) is 52.4 Å². The number of fused-ring (bicyclic) bond motifs is 3. The summed E-state index contributed by atoms with van der Waals surface area (Å²) in [6.45, 7) is 14.9. The molecule has 4 fully saturated rings. The van der Waals surface area contributed by atoms with Crippen LogP contribution in [0.5, 0.6) is 17.5 Å². The van der Waals surface area contributed by atoms with Gasteiger partial charge in [-0.2, -0.15) is 9.97 Å². The number of phenolic OH excluding ortho intramolecular Hbond substituents is 2. The van der Waals surface area contributed by atoms with Gasteiger partial charge in [0, 0.05) is 107 Å². The number of ether oxygens (including phenoxy) is 1. The van der Waals surface area contributed by atoms with E-state index in [2.05, 4.69) is 57.4 Å². The number of likely N-dealkylation sites (tertiary alicyclic amines) is 1. The van der Waals surface area contributed by atoms with Crippen LogP contribution in [0.15, 0.2) is 60.8 Å². The SMILES string of the molecule is CCNC(=O)c1nnc(-c2cc(C(C)C)c(O)cc2O)n1-c1ccc(CN2CCN([C@H]3C[C@@H](COc4nc(N5CC6CCC(C5)N6)c5cnc(-c6cccc(F)c6C)c(F)c5n4)N(C)C3)CC2)cc1. The minimum Gasteiger partial charge on any atom is -0.508 e. The highest BCUT2D eigenvalue weighted by Gasteiger charge is 2.37. The molecule has 3 aromatic heterocycles. The fraction of sp³-hybridized carbons (Fsp3) is 0.451. The number of phenols is 2. The predicted molar refractivity (Wildman–Crippen MR) is 259 cm³/mol. The van der Waals surface area contributed by atoms with Crippen LogP contribution in [-0.4, -0.2) is 151 Å². The highest BCUT2D eigenvalue weighted by atomic mass is 19.1. The number of piperazine rings is 2. The maximum atomic E-state index is 16.6. The molecule has 0 aliphatic carbocycles. The molecule has 18 heteroatoms. The first-order valence-electron chi connectivity index (χ1n) is 24.1. The molecule has 7 heterocycles. The Bertz CT molecular complexity index is 2860. The zero-order valence-electron chi connectivity index (χ0n) is 39.8. The van der Waals surface area contributed by atoms with Crippen molar-refractivity contribution >= 4 is 22.6 Å². The van der Waals surface area contributed by atoms with Crippen molar-refractivity contribution in [3.8, 4) is 45.8 Å². The number of aromatic nitrogens is 6. The van der Waals surface area contributed by atoms with Gasteiger partial charge in [0.2, 0.25) is 5.82 Å². The molecule has 362 valence electrons. The lowest BCUT2D eigenvalue weighted by Gasteiger charge is -2.38. The van der Waals surface area contributed by atoms with Gasteiger partial charge in [-0.1, -0.05) is 38.1 Å². The summed E-state index contributed by atoms with van der Waals surface area (Å²) >= 11 is 0. The molecule has 0 radical (unpaired) electrons. The highest BCUT2D eigenvalue weighted by Crippen LogP contribution is 2.39. The number of nitrogens with zero attached hydrogens (tertiary/aromatic N) is 10. The van der Waals surface area contributed by atoms with Gasteiger partial charge in [0.25, 0.3) is 5.91 Å². The van der Waals surface area contributed by atoms with E-state index in [4.69, 9.17) is 9.72 Å². The Morgan fingerprint density at radius 3 is 2.42 bits per heavy atom. The molecule has 69 heavy (non-hydrogen) atoms. The first kappa shape index (κ1) is 46.4. The first-order valence-corrected chi connectivity index (χ1v) is 24.1. The zero-order chi connectivity index (χ0) is 48.1.